The second-order valence-corrected chi connectivity index (χ2v) is 5.50. The van der Waals surface area contributed by atoms with Crippen molar-refractivity contribution in [1.29, 1.82) is 0 Å². The summed E-state index contributed by atoms with van der Waals surface area (Å²) in [5, 5.41) is 12.2. The van der Waals surface area contributed by atoms with Gasteiger partial charge in [-0.25, -0.2) is 9.97 Å². The van der Waals surface area contributed by atoms with Gasteiger partial charge in [-0.15, -0.1) is 0 Å². The molecule has 1 unspecified atom stereocenters. The van der Waals surface area contributed by atoms with Gasteiger partial charge in [0, 0.05) is 37.6 Å². The molecule has 0 aromatic carbocycles. The molecule has 0 aliphatic rings. The predicted octanol–water partition coefficient (Wildman–Crippen LogP) is 1.77. The van der Waals surface area contributed by atoms with Crippen molar-refractivity contribution in [3.8, 4) is 0 Å². The number of carbonyl (C=O) groups excluding carboxylic acids is 1. The van der Waals surface area contributed by atoms with Crippen LogP contribution in [0.4, 0.5) is 0 Å². The Morgan fingerprint density at radius 2 is 2.23 bits per heavy atom. The first kappa shape index (κ1) is 16.2. The monoisotopic (exact) mass is 303 g/mol. The number of rotatable bonds is 7. The minimum Gasteiger partial charge on any atom is -0.469 e. The molecule has 22 heavy (non-hydrogen) atoms. The first-order chi connectivity index (χ1) is 10.6. The molecule has 1 amide bonds. The Hall–Kier alpha value is -2.21. The molecule has 6 heteroatoms. The normalized spacial score (nSPS) is 12.4. The highest BCUT2D eigenvalue weighted by molar-refractivity contribution is 5.92. The van der Waals surface area contributed by atoms with Crippen LogP contribution in [-0.2, 0) is 6.42 Å². The number of amides is 1. The van der Waals surface area contributed by atoms with Gasteiger partial charge in [0.15, 0.2) is 0 Å². The number of carbonyl (C=O) groups is 1. The van der Waals surface area contributed by atoms with E-state index in [1.807, 2.05) is 19.9 Å². The fourth-order valence-electron chi connectivity index (χ4n) is 2.02. The molecule has 2 aromatic heterocycles. The lowest BCUT2D eigenvalue weighted by Gasteiger charge is -2.14. The van der Waals surface area contributed by atoms with Gasteiger partial charge in [0.05, 0.1) is 6.26 Å². The van der Waals surface area contributed by atoms with Crippen molar-refractivity contribution in [2.75, 3.05) is 13.2 Å². The Morgan fingerprint density at radius 1 is 1.41 bits per heavy atom. The molecule has 0 saturated carbocycles. The summed E-state index contributed by atoms with van der Waals surface area (Å²) in [6, 6.07) is 5.24. The molecule has 0 fully saturated rings. The molecular weight excluding hydrogens is 282 g/mol. The summed E-state index contributed by atoms with van der Waals surface area (Å²) in [5.41, 5.74) is 0.341. The molecule has 0 aliphatic heterocycles. The summed E-state index contributed by atoms with van der Waals surface area (Å²) in [6.45, 7) is 4.28. The van der Waals surface area contributed by atoms with Gasteiger partial charge in [0.1, 0.15) is 17.3 Å². The van der Waals surface area contributed by atoms with Crippen LogP contribution >= 0.6 is 0 Å². The third kappa shape index (κ3) is 4.39. The third-order valence-electron chi connectivity index (χ3n) is 3.30. The molecule has 118 valence electrons. The molecule has 1 atom stereocenters. The quantitative estimate of drug-likeness (QED) is 0.814. The van der Waals surface area contributed by atoms with Crippen LogP contribution in [0.15, 0.2) is 35.1 Å². The van der Waals surface area contributed by atoms with Crippen molar-refractivity contribution in [2.45, 2.75) is 26.2 Å². The number of nitrogens with zero attached hydrogens (tertiary/aromatic N) is 2. The zero-order valence-electron chi connectivity index (χ0n) is 12.8. The molecule has 0 spiro atoms. The molecule has 2 rings (SSSR count). The van der Waals surface area contributed by atoms with E-state index in [0.29, 0.717) is 24.5 Å². The lowest BCUT2D eigenvalue weighted by Crippen LogP contribution is -2.32. The van der Waals surface area contributed by atoms with Gasteiger partial charge >= 0.3 is 0 Å². The summed E-state index contributed by atoms with van der Waals surface area (Å²) in [6.07, 6.45) is 3.76. The number of aliphatic hydroxyl groups is 1. The van der Waals surface area contributed by atoms with Crippen LogP contribution in [0.2, 0.25) is 0 Å². The minimum absolute atomic E-state index is 0.0258. The zero-order chi connectivity index (χ0) is 15.9. The van der Waals surface area contributed by atoms with Gasteiger partial charge in [0.2, 0.25) is 0 Å². The molecule has 0 aliphatic carbocycles. The Morgan fingerprint density at radius 3 is 2.86 bits per heavy atom. The number of hydrogen-bond donors (Lipinski definition) is 2. The SMILES string of the molecule is CC(C)c1nccc(C(=O)NCC(CO)Cc2ccco2)n1. The van der Waals surface area contributed by atoms with Gasteiger partial charge in [0.25, 0.3) is 5.91 Å². The standard InChI is InChI=1S/C16H21N3O3/c1-11(2)15-17-6-5-14(19-15)16(21)18-9-12(10-20)8-13-4-3-7-22-13/h3-7,11-12,20H,8-10H2,1-2H3,(H,18,21). The Labute approximate surface area is 129 Å². The molecule has 2 N–H and O–H groups in total. The maximum absolute atomic E-state index is 12.1. The average Bonchev–Trinajstić information content (AvgIpc) is 3.04. The smallest absolute Gasteiger partial charge is 0.270 e. The first-order valence-electron chi connectivity index (χ1n) is 7.34. The molecular formula is C16H21N3O3. The molecule has 0 bridgehead atoms. The molecule has 0 saturated heterocycles. The van der Waals surface area contributed by atoms with E-state index < -0.39 is 0 Å². The van der Waals surface area contributed by atoms with Crippen LogP contribution < -0.4 is 5.32 Å². The van der Waals surface area contributed by atoms with Crippen LogP contribution in [-0.4, -0.2) is 34.1 Å². The Kier molecular flexibility index (Phi) is 5.66. The summed E-state index contributed by atoms with van der Waals surface area (Å²) in [5.74, 6) is 1.24. The van der Waals surface area contributed by atoms with Gasteiger partial charge in [-0.2, -0.15) is 0 Å². The van der Waals surface area contributed by atoms with Crippen molar-refractivity contribution in [2.24, 2.45) is 5.92 Å². The molecule has 6 nitrogen and oxygen atoms in total. The number of aliphatic hydroxyl groups excluding tert-OH is 1. The number of aromatic nitrogens is 2. The lowest BCUT2D eigenvalue weighted by molar-refractivity contribution is 0.0933. The number of hydrogen-bond acceptors (Lipinski definition) is 5. The van der Waals surface area contributed by atoms with E-state index in [9.17, 15) is 9.90 Å². The molecule has 2 aromatic rings. The largest absolute Gasteiger partial charge is 0.469 e. The summed E-state index contributed by atoms with van der Waals surface area (Å²) >= 11 is 0. The maximum Gasteiger partial charge on any atom is 0.270 e. The van der Waals surface area contributed by atoms with Gasteiger partial charge in [-0.05, 0) is 18.2 Å². The maximum atomic E-state index is 12.1. The van der Waals surface area contributed by atoms with E-state index >= 15 is 0 Å². The van der Waals surface area contributed by atoms with E-state index in [-0.39, 0.29) is 24.3 Å². The second kappa shape index (κ2) is 7.70. The zero-order valence-corrected chi connectivity index (χ0v) is 12.8. The van der Waals surface area contributed by atoms with Crippen LogP contribution in [0.1, 0.15) is 41.8 Å². The van der Waals surface area contributed by atoms with E-state index in [1.54, 1.807) is 24.6 Å². The topological polar surface area (TPSA) is 88.2 Å². The van der Waals surface area contributed by atoms with Crippen molar-refractivity contribution in [1.82, 2.24) is 15.3 Å². The van der Waals surface area contributed by atoms with Crippen molar-refractivity contribution in [3.63, 3.8) is 0 Å². The van der Waals surface area contributed by atoms with Crippen molar-refractivity contribution < 1.29 is 14.3 Å². The van der Waals surface area contributed by atoms with Crippen LogP contribution in [0, 0.1) is 5.92 Å². The summed E-state index contributed by atoms with van der Waals surface area (Å²) in [4.78, 5) is 20.5. The summed E-state index contributed by atoms with van der Waals surface area (Å²) < 4.78 is 5.25. The van der Waals surface area contributed by atoms with Gasteiger partial charge < -0.3 is 14.8 Å². The van der Waals surface area contributed by atoms with Gasteiger partial charge in [-0.1, -0.05) is 13.8 Å². The minimum atomic E-state index is -0.262. The third-order valence-corrected chi connectivity index (χ3v) is 3.30. The molecule has 0 radical (unpaired) electrons. The lowest BCUT2D eigenvalue weighted by atomic mass is 10.1. The number of furan rings is 1. The first-order valence-corrected chi connectivity index (χ1v) is 7.34. The fraction of sp³-hybridized carbons (Fsp3) is 0.438. The summed E-state index contributed by atoms with van der Waals surface area (Å²) in [7, 11) is 0. The van der Waals surface area contributed by atoms with Crippen LogP contribution in [0.3, 0.4) is 0 Å². The highest BCUT2D eigenvalue weighted by Gasteiger charge is 2.14. The van der Waals surface area contributed by atoms with Crippen LogP contribution in [0.5, 0.6) is 0 Å². The van der Waals surface area contributed by atoms with Crippen molar-refractivity contribution >= 4 is 5.91 Å². The molecule has 2 heterocycles. The highest BCUT2D eigenvalue weighted by atomic mass is 16.3. The van der Waals surface area contributed by atoms with Crippen molar-refractivity contribution in [3.05, 3.63) is 47.9 Å². The fourth-order valence-corrected chi connectivity index (χ4v) is 2.02. The van der Waals surface area contributed by atoms with E-state index in [4.69, 9.17) is 4.42 Å². The predicted molar refractivity (Wildman–Crippen MR) is 81.4 cm³/mol. The van der Waals surface area contributed by atoms with E-state index in [1.165, 1.54) is 0 Å². The Bertz CT molecular complexity index is 596. The number of nitrogens with one attached hydrogen (secondary N) is 1. The van der Waals surface area contributed by atoms with E-state index in [0.717, 1.165) is 5.76 Å². The second-order valence-electron chi connectivity index (χ2n) is 5.50. The average molecular weight is 303 g/mol. The highest BCUT2D eigenvalue weighted by Crippen LogP contribution is 2.10. The van der Waals surface area contributed by atoms with Crippen LogP contribution in [0.25, 0.3) is 0 Å². The Balaban J connectivity index is 1.92. The van der Waals surface area contributed by atoms with E-state index in [2.05, 4.69) is 15.3 Å². The van der Waals surface area contributed by atoms with Gasteiger partial charge in [-0.3, -0.25) is 4.79 Å².